The van der Waals surface area contributed by atoms with E-state index in [1.807, 2.05) is 42.5 Å². The van der Waals surface area contributed by atoms with Crippen LogP contribution in [0.15, 0.2) is 66.7 Å². The van der Waals surface area contributed by atoms with Gasteiger partial charge in [0.15, 0.2) is 5.82 Å². The molecule has 0 aliphatic heterocycles. The van der Waals surface area contributed by atoms with E-state index in [9.17, 15) is 0 Å². The van der Waals surface area contributed by atoms with Crippen LogP contribution < -0.4 is 5.32 Å². The summed E-state index contributed by atoms with van der Waals surface area (Å²) in [6, 6.07) is 21.5. The van der Waals surface area contributed by atoms with Gasteiger partial charge in [-0.15, -0.1) is 0 Å². The van der Waals surface area contributed by atoms with Gasteiger partial charge in [-0.2, -0.15) is 0 Å². The van der Waals surface area contributed by atoms with Gasteiger partial charge in [0.1, 0.15) is 5.82 Å². The lowest BCUT2D eigenvalue weighted by molar-refractivity contribution is 1.22. The van der Waals surface area contributed by atoms with Gasteiger partial charge in [0, 0.05) is 16.6 Å². The maximum Gasteiger partial charge on any atom is 0.162 e. The summed E-state index contributed by atoms with van der Waals surface area (Å²) in [6.45, 7) is 2.06. The first-order valence-electron chi connectivity index (χ1n) is 8.16. The fourth-order valence-corrected chi connectivity index (χ4v) is 3.01. The summed E-state index contributed by atoms with van der Waals surface area (Å²) in [7, 11) is 0. The maximum absolute atomic E-state index is 6.16. The molecule has 1 heterocycles. The number of fused-ring (bicyclic) bond motifs is 1. The molecule has 0 bridgehead atoms. The Bertz CT molecular complexity index is 1090. The van der Waals surface area contributed by atoms with Crippen LogP contribution in [0.3, 0.4) is 0 Å². The molecule has 0 aliphatic rings. The van der Waals surface area contributed by atoms with Crippen molar-refractivity contribution >= 4 is 45.6 Å². The Hall–Kier alpha value is -2.62. The monoisotopic (exact) mass is 379 g/mol. The van der Waals surface area contributed by atoms with E-state index in [-0.39, 0.29) is 0 Å². The molecule has 1 N–H and O–H groups in total. The number of nitrogens with zero attached hydrogens (tertiary/aromatic N) is 2. The molecule has 128 valence electrons. The fraction of sp³-hybridized carbons (Fsp3) is 0.0476. The summed E-state index contributed by atoms with van der Waals surface area (Å²) in [4.78, 5) is 9.42. The highest BCUT2D eigenvalue weighted by Gasteiger charge is 2.11. The van der Waals surface area contributed by atoms with Crippen molar-refractivity contribution in [1.82, 2.24) is 9.97 Å². The van der Waals surface area contributed by atoms with Gasteiger partial charge in [-0.3, -0.25) is 0 Å². The highest BCUT2D eigenvalue weighted by molar-refractivity contribution is 6.42. The second kappa shape index (κ2) is 6.94. The number of hydrogen-bond donors (Lipinski definition) is 1. The van der Waals surface area contributed by atoms with E-state index in [4.69, 9.17) is 28.2 Å². The molecule has 3 nitrogen and oxygen atoms in total. The van der Waals surface area contributed by atoms with Crippen molar-refractivity contribution in [3.05, 3.63) is 82.3 Å². The number of hydrogen-bond acceptors (Lipinski definition) is 3. The number of halogens is 2. The average molecular weight is 380 g/mol. The van der Waals surface area contributed by atoms with Gasteiger partial charge < -0.3 is 5.32 Å². The molecule has 0 spiro atoms. The van der Waals surface area contributed by atoms with E-state index in [1.165, 1.54) is 5.56 Å². The lowest BCUT2D eigenvalue weighted by Gasteiger charge is -2.11. The Labute approximate surface area is 161 Å². The third kappa shape index (κ3) is 3.36. The van der Waals surface area contributed by atoms with Crippen LogP contribution >= 0.6 is 23.2 Å². The lowest BCUT2D eigenvalue weighted by Crippen LogP contribution is -1.99. The molecule has 0 fully saturated rings. The minimum atomic E-state index is 0.481. The third-order valence-electron chi connectivity index (χ3n) is 4.10. The quantitative estimate of drug-likeness (QED) is 0.432. The smallest absolute Gasteiger partial charge is 0.162 e. The first kappa shape index (κ1) is 16.8. The van der Waals surface area contributed by atoms with Crippen molar-refractivity contribution < 1.29 is 0 Å². The predicted molar refractivity (Wildman–Crippen MR) is 109 cm³/mol. The van der Waals surface area contributed by atoms with E-state index in [2.05, 4.69) is 29.4 Å². The largest absolute Gasteiger partial charge is 0.340 e. The van der Waals surface area contributed by atoms with Crippen LogP contribution in [0.25, 0.3) is 22.3 Å². The van der Waals surface area contributed by atoms with Crippen LogP contribution in [0.5, 0.6) is 0 Å². The van der Waals surface area contributed by atoms with Gasteiger partial charge in [-0.25, -0.2) is 9.97 Å². The van der Waals surface area contributed by atoms with Crippen molar-refractivity contribution in [3.8, 4) is 11.4 Å². The molecular weight excluding hydrogens is 365 g/mol. The van der Waals surface area contributed by atoms with Crippen molar-refractivity contribution in [2.75, 3.05) is 5.32 Å². The molecule has 0 atom stereocenters. The van der Waals surface area contributed by atoms with E-state index < -0.39 is 0 Å². The van der Waals surface area contributed by atoms with E-state index in [0.29, 0.717) is 15.9 Å². The number of anilines is 2. The second-order valence-corrected chi connectivity index (χ2v) is 6.85. The SMILES string of the molecule is Cc1ccc(Nc2nc(-c3ccc(Cl)c(Cl)c3)nc3ccccc23)cc1. The van der Waals surface area contributed by atoms with Crippen LogP contribution in [-0.2, 0) is 0 Å². The summed E-state index contributed by atoms with van der Waals surface area (Å²) in [5.74, 6) is 1.34. The number of aromatic nitrogens is 2. The molecule has 4 rings (SSSR count). The Morgan fingerprint density at radius 3 is 2.35 bits per heavy atom. The second-order valence-electron chi connectivity index (χ2n) is 6.03. The van der Waals surface area contributed by atoms with Crippen molar-refractivity contribution in [2.45, 2.75) is 6.92 Å². The normalized spacial score (nSPS) is 10.9. The number of rotatable bonds is 3. The Kier molecular flexibility index (Phi) is 4.49. The zero-order valence-electron chi connectivity index (χ0n) is 14.0. The lowest BCUT2D eigenvalue weighted by atomic mass is 10.1. The van der Waals surface area contributed by atoms with E-state index in [1.54, 1.807) is 12.1 Å². The number of nitrogens with one attached hydrogen (secondary N) is 1. The molecule has 1 aromatic heterocycles. The molecular formula is C21H15Cl2N3. The Morgan fingerprint density at radius 1 is 0.808 bits per heavy atom. The molecule has 0 saturated carbocycles. The molecule has 26 heavy (non-hydrogen) atoms. The highest BCUT2D eigenvalue weighted by atomic mass is 35.5. The van der Waals surface area contributed by atoms with Crippen LogP contribution in [-0.4, -0.2) is 9.97 Å². The summed E-state index contributed by atoms with van der Waals surface area (Å²) in [5.41, 5.74) is 3.86. The van der Waals surface area contributed by atoms with Crippen LogP contribution in [0.4, 0.5) is 11.5 Å². The van der Waals surface area contributed by atoms with E-state index >= 15 is 0 Å². The fourth-order valence-electron chi connectivity index (χ4n) is 2.71. The number of benzene rings is 3. The Balaban J connectivity index is 1.85. The van der Waals surface area contributed by atoms with Gasteiger partial charge in [-0.1, -0.05) is 53.0 Å². The minimum Gasteiger partial charge on any atom is -0.340 e. The summed E-state index contributed by atoms with van der Waals surface area (Å²) in [6.07, 6.45) is 0. The van der Waals surface area contributed by atoms with Gasteiger partial charge in [0.25, 0.3) is 0 Å². The molecule has 0 radical (unpaired) electrons. The maximum atomic E-state index is 6.16. The summed E-state index contributed by atoms with van der Waals surface area (Å²) >= 11 is 12.2. The van der Waals surface area contributed by atoms with Crippen LogP contribution in [0, 0.1) is 6.92 Å². The standard InChI is InChI=1S/C21H15Cl2N3/c1-13-6-9-15(10-7-13)24-21-16-4-2-3-5-19(16)25-20(26-21)14-8-11-17(22)18(23)12-14/h2-12H,1H3,(H,24,25,26). The summed E-state index contributed by atoms with van der Waals surface area (Å²) < 4.78 is 0. The van der Waals surface area contributed by atoms with E-state index in [0.717, 1.165) is 28.0 Å². The first-order chi connectivity index (χ1) is 12.6. The molecule has 3 aromatic carbocycles. The van der Waals surface area contributed by atoms with Gasteiger partial charge in [0.05, 0.1) is 15.6 Å². The molecule has 0 amide bonds. The molecule has 0 saturated heterocycles. The van der Waals surface area contributed by atoms with Gasteiger partial charge in [0.2, 0.25) is 0 Å². The predicted octanol–water partition coefficient (Wildman–Crippen LogP) is 6.66. The first-order valence-corrected chi connectivity index (χ1v) is 8.92. The van der Waals surface area contributed by atoms with Crippen molar-refractivity contribution in [1.29, 1.82) is 0 Å². The molecule has 4 aromatic rings. The average Bonchev–Trinajstić information content (AvgIpc) is 2.66. The topological polar surface area (TPSA) is 37.8 Å². The van der Waals surface area contributed by atoms with Crippen molar-refractivity contribution in [2.24, 2.45) is 0 Å². The number of para-hydroxylation sites is 1. The van der Waals surface area contributed by atoms with Gasteiger partial charge >= 0.3 is 0 Å². The highest BCUT2D eigenvalue weighted by Crippen LogP contribution is 2.30. The minimum absolute atomic E-state index is 0.481. The third-order valence-corrected chi connectivity index (χ3v) is 4.83. The molecule has 0 aliphatic carbocycles. The summed E-state index contributed by atoms with van der Waals surface area (Å²) in [5, 5.41) is 5.34. The molecule has 5 heteroatoms. The van der Waals surface area contributed by atoms with Crippen molar-refractivity contribution in [3.63, 3.8) is 0 Å². The van der Waals surface area contributed by atoms with Crippen LogP contribution in [0.2, 0.25) is 10.0 Å². The zero-order valence-corrected chi connectivity index (χ0v) is 15.5. The Morgan fingerprint density at radius 2 is 1.58 bits per heavy atom. The number of aryl methyl sites for hydroxylation is 1. The van der Waals surface area contributed by atoms with Gasteiger partial charge in [-0.05, 0) is 49.4 Å². The molecule has 0 unspecified atom stereocenters. The van der Waals surface area contributed by atoms with Crippen LogP contribution in [0.1, 0.15) is 5.56 Å². The zero-order chi connectivity index (χ0) is 18.1.